The minimum atomic E-state index is -3.11. The molecule has 0 N–H and O–H groups in total. The summed E-state index contributed by atoms with van der Waals surface area (Å²) in [5.41, 5.74) is 5.22. The second-order valence-corrected chi connectivity index (χ2v) is 25.0. The van der Waals surface area contributed by atoms with Gasteiger partial charge in [-0.25, -0.2) is 0 Å². The Labute approximate surface area is 189 Å². The SMILES string of the molecule is C=C[Si](C)(C)O[Si](CCCOC(=O)C(C)(C)CC)(O[Si](C)(C)C=C)O[Si](C)(C)C=C. The molecule has 0 saturated carbocycles. The molecule has 0 heterocycles. The molecule has 0 aromatic rings. The topological polar surface area (TPSA) is 54.0 Å². The third kappa shape index (κ3) is 10.2. The molecular weight excluding hydrogens is 445 g/mol. The molecule has 0 amide bonds. The predicted octanol–water partition coefficient (Wildman–Crippen LogP) is 6.14. The maximum absolute atomic E-state index is 12.3. The van der Waals surface area contributed by atoms with E-state index in [1.165, 1.54) is 0 Å². The second-order valence-electron chi connectivity index (χ2n) is 9.89. The fourth-order valence-electron chi connectivity index (χ4n) is 2.34. The lowest BCUT2D eigenvalue weighted by atomic mass is 9.91. The normalized spacial score (nSPS) is 13.6. The Hall–Kier alpha value is -0.562. The molecule has 9 heteroatoms. The van der Waals surface area contributed by atoms with E-state index in [-0.39, 0.29) is 5.97 Å². The zero-order valence-electron chi connectivity index (χ0n) is 20.7. The molecule has 0 spiro atoms. The van der Waals surface area contributed by atoms with Gasteiger partial charge in [-0.3, -0.25) is 4.79 Å². The Morgan fingerprint density at radius 2 is 1.20 bits per heavy atom. The van der Waals surface area contributed by atoms with Crippen molar-refractivity contribution in [2.45, 2.75) is 78.9 Å². The smallest absolute Gasteiger partial charge is 0.465 e. The van der Waals surface area contributed by atoms with Crippen LogP contribution in [0.3, 0.4) is 0 Å². The fourth-order valence-corrected chi connectivity index (χ4v) is 16.4. The first-order valence-electron chi connectivity index (χ1n) is 10.7. The molecule has 0 unspecified atom stereocenters. The van der Waals surface area contributed by atoms with E-state index in [9.17, 15) is 4.79 Å². The summed E-state index contributed by atoms with van der Waals surface area (Å²) in [6.07, 6.45) is 1.35. The molecule has 0 aromatic carbocycles. The number of carbonyl (C=O) groups is 1. The lowest BCUT2D eigenvalue weighted by Crippen LogP contribution is -2.61. The zero-order chi connectivity index (χ0) is 23.9. The van der Waals surface area contributed by atoms with Crippen molar-refractivity contribution in [2.24, 2.45) is 5.41 Å². The first-order valence-corrected chi connectivity index (χ1v) is 21.6. The summed E-state index contributed by atoms with van der Waals surface area (Å²) in [6, 6.07) is 0.575. The summed E-state index contributed by atoms with van der Waals surface area (Å²) in [4.78, 5) is 12.3. The molecule has 0 saturated heterocycles. The molecular formula is C21H44O5Si4. The van der Waals surface area contributed by atoms with Crippen molar-refractivity contribution in [3.63, 3.8) is 0 Å². The van der Waals surface area contributed by atoms with Crippen LogP contribution in [0.5, 0.6) is 0 Å². The Bertz CT molecular complexity index is 559. The van der Waals surface area contributed by atoms with Crippen LogP contribution in [0.15, 0.2) is 36.8 Å². The highest BCUT2D eigenvalue weighted by Crippen LogP contribution is 2.31. The van der Waals surface area contributed by atoms with E-state index in [0.717, 1.165) is 6.42 Å². The third-order valence-corrected chi connectivity index (χ3v) is 19.0. The van der Waals surface area contributed by atoms with Crippen LogP contribution >= 0.6 is 0 Å². The van der Waals surface area contributed by atoms with Gasteiger partial charge in [0.25, 0.3) is 0 Å². The van der Waals surface area contributed by atoms with Gasteiger partial charge in [0.1, 0.15) is 0 Å². The van der Waals surface area contributed by atoms with Crippen molar-refractivity contribution in [1.82, 2.24) is 0 Å². The van der Waals surface area contributed by atoms with E-state index in [1.54, 1.807) is 0 Å². The van der Waals surface area contributed by atoms with E-state index in [4.69, 9.17) is 17.1 Å². The summed E-state index contributed by atoms with van der Waals surface area (Å²) < 4.78 is 25.6. The van der Waals surface area contributed by atoms with Crippen molar-refractivity contribution in [1.29, 1.82) is 0 Å². The summed E-state index contributed by atoms with van der Waals surface area (Å²) in [7, 11) is -9.75. The molecule has 0 radical (unpaired) electrons. The van der Waals surface area contributed by atoms with Crippen LogP contribution in [-0.4, -0.2) is 46.3 Å². The number of rotatable bonds is 15. The van der Waals surface area contributed by atoms with Crippen LogP contribution < -0.4 is 0 Å². The molecule has 0 aliphatic rings. The number of esters is 1. The van der Waals surface area contributed by atoms with Crippen molar-refractivity contribution in [3.8, 4) is 0 Å². The van der Waals surface area contributed by atoms with Gasteiger partial charge in [-0.2, -0.15) is 0 Å². The summed E-state index contributed by atoms with van der Waals surface area (Å²) in [5.74, 6) is -0.178. The molecule has 174 valence electrons. The van der Waals surface area contributed by atoms with Gasteiger partial charge in [0.2, 0.25) is 25.0 Å². The van der Waals surface area contributed by atoms with Crippen molar-refractivity contribution >= 4 is 39.7 Å². The maximum atomic E-state index is 12.3. The van der Waals surface area contributed by atoms with Crippen molar-refractivity contribution in [3.05, 3.63) is 36.8 Å². The average molecular weight is 489 g/mol. The molecule has 30 heavy (non-hydrogen) atoms. The largest absolute Gasteiger partial charge is 0.470 e. The standard InChI is InChI=1S/C21H44O5Si4/c1-13-21(5,6)20(22)23-18-17-19-30(24-27(7,8)14-2,25-28(9,10)15-3)26-29(11,12)16-4/h14-16H,2-4,13,17-19H2,1,5-12H3. The van der Waals surface area contributed by atoms with Gasteiger partial charge in [0, 0.05) is 6.04 Å². The van der Waals surface area contributed by atoms with E-state index in [2.05, 4.69) is 59.0 Å². The summed E-state index contributed by atoms with van der Waals surface area (Å²) >= 11 is 0. The Balaban J connectivity index is 5.74. The zero-order valence-corrected chi connectivity index (χ0v) is 24.7. The number of hydrogen-bond acceptors (Lipinski definition) is 5. The van der Waals surface area contributed by atoms with Gasteiger partial charge in [-0.05, 0) is 66.0 Å². The van der Waals surface area contributed by atoms with E-state index in [0.29, 0.717) is 19.1 Å². The second kappa shape index (κ2) is 11.3. The van der Waals surface area contributed by atoms with Gasteiger partial charge in [0.05, 0.1) is 12.0 Å². The summed E-state index contributed by atoms with van der Waals surface area (Å²) in [5, 5.41) is 0. The molecule has 0 aromatic heterocycles. The van der Waals surface area contributed by atoms with Crippen LogP contribution in [-0.2, 0) is 21.9 Å². The van der Waals surface area contributed by atoms with Crippen molar-refractivity contribution in [2.75, 3.05) is 6.61 Å². The molecule has 0 atom stereocenters. The summed E-state index contributed by atoms with van der Waals surface area (Å²) in [6.45, 7) is 30.5. The highest BCUT2D eigenvalue weighted by atomic mass is 28.5. The fraction of sp³-hybridized carbons (Fsp3) is 0.667. The Kier molecular flexibility index (Phi) is 11.1. The molecule has 0 aliphatic heterocycles. The third-order valence-electron chi connectivity index (χ3n) is 5.03. The predicted molar refractivity (Wildman–Crippen MR) is 137 cm³/mol. The van der Waals surface area contributed by atoms with Crippen molar-refractivity contribution < 1.29 is 21.9 Å². The minimum absolute atomic E-state index is 0.178. The van der Waals surface area contributed by atoms with Crippen LogP contribution in [0.25, 0.3) is 0 Å². The lowest BCUT2D eigenvalue weighted by molar-refractivity contribution is -0.154. The van der Waals surface area contributed by atoms with E-state index in [1.807, 2.05) is 37.9 Å². The number of ether oxygens (including phenoxy) is 1. The first-order chi connectivity index (χ1) is 13.5. The van der Waals surface area contributed by atoms with Crippen LogP contribution in [0.2, 0.25) is 45.3 Å². The van der Waals surface area contributed by atoms with Gasteiger partial charge < -0.3 is 17.1 Å². The Morgan fingerprint density at radius 1 is 0.833 bits per heavy atom. The average Bonchev–Trinajstić information content (AvgIpc) is 2.63. The lowest BCUT2D eigenvalue weighted by Gasteiger charge is -2.43. The molecule has 0 aliphatic carbocycles. The van der Waals surface area contributed by atoms with Crippen LogP contribution in [0, 0.1) is 5.41 Å². The first kappa shape index (κ1) is 29.4. The van der Waals surface area contributed by atoms with Crippen LogP contribution in [0.1, 0.15) is 33.6 Å². The minimum Gasteiger partial charge on any atom is -0.465 e. The molecule has 5 nitrogen and oxygen atoms in total. The van der Waals surface area contributed by atoms with Crippen LogP contribution in [0.4, 0.5) is 0 Å². The molecule has 0 bridgehead atoms. The highest BCUT2D eigenvalue weighted by Gasteiger charge is 2.50. The number of hydrogen-bond donors (Lipinski definition) is 0. The van der Waals surface area contributed by atoms with Gasteiger partial charge >= 0.3 is 14.8 Å². The van der Waals surface area contributed by atoms with E-state index < -0.39 is 39.2 Å². The maximum Gasteiger partial charge on any atom is 0.470 e. The van der Waals surface area contributed by atoms with Gasteiger partial charge in [0.15, 0.2) is 0 Å². The monoisotopic (exact) mass is 488 g/mol. The van der Waals surface area contributed by atoms with Gasteiger partial charge in [-0.15, -0.1) is 19.7 Å². The Morgan fingerprint density at radius 3 is 1.50 bits per heavy atom. The number of carbonyl (C=O) groups excluding carboxylic acids is 1. The molecule has 0 fully saturated rings. The van der Waals surface area contributed by atoms with Gasteiger partial charge in [-0.1, -0.05) is 24.0 Å². The quantitative estimate of drug-likeness (QED) is 0.157. The molecule has 0 rings (SSSR count). The highest BCUT2D eigenvalue weighted by molar-refractivity contribution is 6.93. The van der Waals surface area contributed by atoms with E-state index >= 15 is 0 Å².